The highest BCUT2D eigenvalue weighted by atomic mass is 35.5. The Morgan fingerprint density at radius 3 is 2.50 bits per heavy atom. The highest BCUT2D eigenvalue weighted by Gasteiger charge is 2.33. The standard InChI is InChI=1S/C17H11Cl2NO2S2/c1-9-3-2-4-11(5-9)20-16(22)14(24-17(20)23)8-10-6-12(18)15(21)13(19)7-10/h2-8,21H,1H3/b14-8-. The average Bonchev–Trinajstić information content (AvgIpc) is 2.79. The zero-order valence-electron chi connectivity index (χ0n) is 12.4. The van der Waals surface area contributed by atoms with Crippen LogP contribution < -0.4 is 4.90 Å². The summed E-state index contributed by atoms with van der Waals surface area (Å²) in [5.74, 6) is -0.376. The first-order valence-corrected chi connectivity index (χ1v) is 8.87. The van der Waals surface area contributed by atoms with E-state index in [0.29, 0.717) is 14.8 Å². The molecule has 1 amide bonds. The molecule has 0 spiro atoms. The van der Waals surface area contributed by atoms with Crippen LogP contribution in [0, 0.1) is 6.92 Å². The van der Waals surface area contributed by atoms with Crippen molar-refractivity contribution in [2.24, 2.45) is 0 Å². The molecule has 0 aliphatic carbocycles. The molecule has 0 saturated carbocycles. The van der Waals surface area contributed by atoms with Crippen LogP contribution in [0.25, 0.3) is 6.08 Å². The van der Waals surface area contributed by atoms with E-state index in [2.05, 4.69) is 0 Å². The number of benzene rings is 2. The number of rotatable bonds is 2. The van der Waals surface area contributed by atoms with Gasteiger partial charge < -0.3 is 5.11 Å². The van der Waals surface area contributed by atoms with Crippen molar-refractivity contribution in [3.63, 3.8) is 0 Å². The van der Waals surface area contributed by atoms with E-state index in [4.69, 9.17) is 35.4 Å². The fourth-order valence-electron chi connectivity index (χ4n) is 2.28. The quantitative estimate of drug-likeness (QED) is 0.544. The largest absolute Gasteiger partial charge is 0.505 e. The van der Waals surface area contributed by atoms with Crippen LogP contribution in [0.4, 0.5) is 5.69 Å². The van der Waals surface area contributed by atoms with Gasteiger partial charge in [0.15, 0.2) is 10.1 Å². The molecule has 1 fully saturated rings. The molecule has 0 unspecified atom stereocenters. The Bertz CT molecular complexity index is 873. The molecule has 1 aliphatic rings. The molecule has 0 aromatic heterocycles. The van der Waals surface area contributed by atoms with Crippen molar-refractivity contribution in [2.75, 3.05) is 4.90 Å². The number of phenols is 1. The molecule has 7 heteroatoms. The maximum atomic E-state index is 12.7. The molecule has 0 radical (unpaired) electrons. The summed E-state index contributed by atoms with van der Waals surface area (Å²) in [5.41, 5.74) is 2.40. The normalized spacial score (nSPS) is 16.3. The summed E-state index contributed by atoms with van der Waals surface area (Å²) < 4.78 is 0.466. The molecule has 3 rings (SSSR count). The van der Waals surface area contributed by atoms with Gasteiger partial charge in [-0.1, -0.05) is 59.3 Å². The van der Waals surface area contributed by atoms with Crippen LogP contribution in [-0.2, 0) is 4.79 Å². The van der Waals surface area contributed by atoms with Crippen molar-refractivity contribution in [1.29, 1.82) is 0 Å². The Morgan fingerprint density at radius 2 is 1.88 bits per heavy atom. The van der Waals surface area contributed by atoms with Gasteiger partial charge in [-0.2, -0.15) is 0 Å². The van der Waals surface area contributed by atoms with E-state index in [9.17, 15) is 9.90 Å². The maximum absolute atomic E-state index is 12.7. The van der Waals surface area contributed by atoms with Crippen LogP contribution in [-0.4, -0.2) is 15.3 Å². The zero-order valence-corrected chi connectivity index (χ0v) is 15.6. The number of halogens is 2. The number of hydrogen-bond donors (Lipinski definition) is 1. The molecule has 122 valence electrons. The molecule has 1 heterocycles. The minimum atomic E-state index is -0.198. The van der Waals surface area contributed by atoms with Gasteiger partial charge in [0.25, 0.3) is 5.91 Å². The highest BCUT2D eigenvalue weighted by Crippen LogP contribution is 2.38. The summed E-state index contributed by atoms with van der Waals surface area (Å²) in [6.07, 6.45) is 1.66. The number of amides is 1. The number of hydrogen-bond acceptors (Lipinski definition) is 4. The van der Waals surface area contributed by atoms with E-state index in [1.807, 2.05) is 31.2 Å². The van der Waals surface area contributed by atoms with Crippen molar-refractivity contribution in [3.05, 3.63) is 62.5 Å². The SMILES string of the molecule is Cc1cccc(N2C(=O)/C(=C/c3cc(Cl)c(O)c(Cl)c3)SC2=S)c1. The molecule has 2 aromatic carbocycles. The number of thioether (sulfide) groups is 1. The lowest BCUT2D eigenvalue weighted by Gasteiger charge is -2.14. The molecule has 3 nitrogen and oxygen atoms in total. The van der Waals surface area contributed by atoms with Gasteiger partial charge in [0.2, 0.25) is 0 Å². The summed E-state index contributed by atoms with van der Waals surface area (Å²) in [6.45, 7) is 1.96. The van der Waals surface area contributed by atoms with Crippen molar-refractivity contribution in [3.8, 4) is 5.75 Å². The average molecular weight is 396 g/mol. The first kappa shape index (κ1) is 17.3. The van der Waals surface area contributed by atoms with Crippen LogP contribution in [0.3, 0.4) is 0 Å². The van der Waals surface area contributed by atoms with E-state index in [0.717, 1.165) is 11.3 Å². The number of aromatic hydroxyl groups is 1. The van der Waals surface area contributed by atoms with Crippen molar-refractivity contribution >= 4 is 69.2 Å². The van der Waals surface area contributed by atoms with Crippen molar-refractivity contribution in [1.82, 2.24) is 0 Å². The first-order valence-electron chi connectivity index (χ1n) is 6.89. The Hall–Kier alpha value is -1.53. The van der Waals surface area contributed by atoms with Gasteiger partial charge in [0.05, 0.1) is 20.6 Å². The van der Waals surface area contributed by atoms with Crippen LogP contribution >= 0.6 is 47.2 Å². The van der Waals surface area contributed by atoms with Crippen LogP contribution in [0.2, 0.25) is 10.0 Å². The van der Waals surface area contributed by atoms with Crippen LogP contribution in [0.15, 0.2) is 41.3 Å². The Labute approximate surface area is 158 Å². The second-order valence-electron chi connectivity index (χ2n) is 5.19. The lowest BCUT2D eigenvalue weighted by Crippen LogP contribution is -2.27. The zero-order chi connectivity index (χ0) is 17.4. The summed E-state index contributed by atoms with van der Waals surface area (Å²) in [5, 5.41) is 9.87. The summed E-state index contributed by atoms with van der Waals surface area (Å²) >= 11 is 18.4. The Kier molecular flexibility index (Phi) is 4.88. The fraction of sp³-hybridized carbons (Fsp3) is 0.0588. The summed E-state index contributed by atoms with van der Waals surface area (Å²) in [4.78, 5) is 14.7. The minimum Gasteiger partial charge on any atom is -0.505 e. The molecular formula is C17H11Cl2NO2S2. The van der Waals surface area contributed by atoms with E-state index < -0.39 is 0 Å². The lowest BCUT2D eigenvalue weighted by molar-refractivity contribution is -0.113. The van der Waals surface area contributed by atoms with Crippen LogP contribution in [0.1, 0.15) is 11.1 Å². The van der Waals surface area contributed by atoms with E-state index >= 15 is 0 Å². The number of thiocarbonyl (C=S) groups is 1. The monoisotopic (exact) mass is 395 g/mol. The van der Waals surface area contributed by atoms with Gasteiger partial charge in [-0.25, -0.2) is 0 Å². The van der Waals surface area contributed by atoms with Gasteiger partial charge in [-0.05, 0) is 48.4 Å². The van der Waals surface area contributed by atoms with E-state index in [1.54, 1.807) is 18.2 Å². The fourth-order valence-corrected chi connectivity index (χ4v) is 4.08. The minimum absolute atomic E-state index is 0.128. The number of carbonyl (C=O) groups excluding carboxylic acids is 1. The predicted molar refractivity (Wildman–Crippen MR) is 105 cm³/mol. The molecule has 1 N–H and O–H groups in total. The second-order valence-corrected chi connectivity index (χ2v) is 7.68. The number of nitrogens with zero attached hydrogens (tertiary/aromatic N) is 1. The number of aryl methyl sites for hydroxylation is 1. The Balaban J connectivity index is 1.97. The molecule has 2 aromatic rings. The number of phenolic OH excluding ortho intramolecular Hbond substituents is 1. The van der Waals surface area contributed by atoms with Gasteiger partial charge in [-0.3, -0.25) is 9.69 Å². The first-order chi connectivity index (χ1) is 11.4. The van der Waals surface area contributed by atoms with E-state index in [1.165, 1.54) is 16.7 Å². The molecule has 24 heavy (non-hydrogen) atoms. The van der Waals surface area contributed by atoms with Gasteiger partial charge in [0, 0.05) is 0 Å². The third-order valence-corrected chi connectivity index (χ3v) is 5.27. The van der Waals surface area contributed by atoms with Gasteiger partial charge >= 0.3 is 0 Å². The summed E-state index contributed by atoms with van der Waals surface area (Å²) in [6, 6.07) is 10.7. The third-order valence-electron chi connectivity index (χ3n) is 3.39. The van der Waals surface area contributed by atoms with Crippen molar-refractivity contribution < 1.29 is 9.90 Å². The van der Waals surface area contributed by atoms with Crippen LogP contribution in [0.5, 0.6) is 5.75 Å². The molecule has 1 saturated heterocycles. The van der Waals surface area contributed by atoms with Gasteiger partial charge in [-0.15, -0.1) is 0 Å². The predicted octanol–water partition coefficient (Wildman–Crippen LogP) is 5.41. The second kappa shape index (κ2) is 6.76. The van der Waals surface area contributed by atoms with Crippen molar-refractivity contribution in [2.45, 2.75) is 6.92 Å². The molecule has 0 atom stereocenters. The smallest absolute Gasteiger partial charge is 0.270 e. The lowest BCUT2D eigenvalue weighted by atomic mass is 10.2. The highest BCUT2D eigenvalue weighted by molar-refractivity contribution is 8.27. The molecular weight excluding hydrogens is 385 g/mol. The molecule has 0 bridgehead atoms. The third kappa shape index (κ3) is 3.30. The van der Waals surface area contributed by atoms with E-state index in [-0.39, 0.29) is 21.7 Å². The number of anilines is 1. The topological polar surface area (TPSA) is 40.5 Å². The maximum Gasteiger partial charge on any atom is 0.270 e. The number of carbonyl (C=O) groups is 1. The van der Waals surface area contributed by atoms with Gasteiger partial charge in [0.1, 0.15) is 0 Å². The molecule has 1 aliphatic heterocycles. The summed E-state index contributed by atoms with van der Waals surface area (Å²) in [7, 11) is 0. The Morgan fingerprint density at radius 1 is 1.21 bits per heavy atom.